The molecule has 0 N–H and O–H groups in total. The summed E-state index contributed by atoms with van der Waals surface area (Å²) in [7, 11) is 1.97. The Morgan fingerprint density at radius 2 is 2.31 bits per heavy atom. The minimum atomic E-state index is 0.453. The van der Waals surface area contributed by atoms with Crippen molar-refractivity contribution in [3.05, 3.63) is 46.3 Å². The van der Waals surface area contributed by atoms with Crippen LogP contribution in [0.2, 0.25) is 0 Å². The monoisotopic (exact) mass is 229 g/mol. The number of pyridine rings is 1. The minimum Gasteiger partial charge on any atom is -0.355 e. The first-order valence-electron chi connectivity index (χ1n) is 4.89. The Hall–Kier alpha value is -1.86. The largest absolute Gasteiger partial charge is 0.355 e. The third kappa shape index (κ3) is 2.38. The van der Waals surface area contributed by atoms with Crippen molar-refractivity contribution < 1.29 is 0 Å². The molecule has 0 unspecified atom stereocenters. The molecule has 0 amide bonds. The molecule has 3 nitrogen and oxygen atoms in total. The lowest BCUT2D eigenvalue weighted by Crippen LogP contribution is -2.17. The summed E-state index contributed by atoms with van der Waals surface area (Å²) < 4.78 is 0. The lowest BCUT2D eigenvalue weighted by molar-refractivity contribution is 0.899. The third-order valence-electron chi connectivity index (χ3n) is 2.24. The highest BCUT2D eigenvalue weighted by Gasteiger charge is 2.04. The molecule has 0 aliphatic carbocycles. The van der Waals surface area contributed by atoms with E-state index in [-0.39, 0.29) is 0 Å². The average Bonchev–Trinajstić information content (AvgIpc) is 2.82. The maximum absolute atomic E-state index is 8.77. The van der Waals surface area contributed by atoms with Crippen LogP contribution in [0.25, 0.3) is 0 Å². The Morgan fingerprint density at radius 3 is 3.00 bits per heavy atom. The predicted octanol–water partition coefficient (Wildman–Crippen LogP) is 2.65. The van der Waals surface area contributed by atoms with Gasteiger partial charge in [0.1, 0.15) is 17.6 Å². The SMILES string of the molecule is CN(Cc1ccsc1)c1cccc(C#N)n1. The van der Waals surface area contributed by atoms with Gasteiger partial charge in [0.05, 0.1) is 0 Å². The summed E-state index contributed by atoms with van der Waals surface area (Å²) in [5.41, 5.74) is 1.71. The van der Waals surface area contributed by atoms with Crippen molar-refractivity contribution in [2.24, 2.45) is 0 Å². The zero-order chi connectivity index (χ0) is 11.4. The fourth-order valence-electron chi connectivity index (χ4n) is 1.44. The van der Waals surface area contributed by atoms with E-state index < -0.39 is 0 Å². The van der Waals surface area contributed by atoms with Crippen molar-refractivity contribution in [1.29, 1.82) is 5.26 Å². The van der Waals surface area contributed by atoms with Gasteiger partial charge >= 0.3 is 0 Å². The summed E-state index contributed by atoms with van der Waals surface area (Å²) in [6, 6.07) is 9.61. The van der Waals surface area contributed by atoms with Crippen molar-refractivity contribution in [2.75, 3.05) is 11.9 Å². The number of rotatable bonds is 3. The normalized spacial score (nSPS) is 9.75. The molecule has 0 atom stereocenters. The van der Waals surface area contributed by atoms with Gasteiger partial charge in [0, 0.05) is 13.6 Å². The minimum absolute atomic E-state index is 0.453. The van der Waals surface area contributed by atoms with Crippen LogP contribution in [-0.2, 0) is 6.54 Å². The highest BCUT2D eigenvalue weighted by Crippen LogP contribution is 2.14. The van der Waals surface area contributed by atoms with E-state index in [1.54, 1.807) is 17.4 Å². The Morgan fingerprint density at radius 1 is 1.44 bits per heavy atom. The molecule has 0 aromatic carbocycles. The first-order valence-corrected chi connectivity index (χ1v) is 5.83. The molecule has 16 heavy (non-hydrogen) atoms. The van der Waals surface area contributed by atoms with E-state index in [1.807, 2.05) is 30.1 Å². The molecule has 0 saturated heterocycles. The number of anilines is 1. The molecular formula is C12H11N3S. The Labute approximate surface area is 98.6 Å². The molecule has 4 heteroatoms. The standard InChI is InChI=1S/C12H11N3S/c1-15(8-10-5-6-16-9-10)12-4-2-3-11(7-13)14-12/h2-6,9H,8H2,1H3. The summed E-state index contributed by atoms with van der Waals surface area (Å²) in [6.07, 6.45) is 0. The molecule has 2 rings (SSSR count). The maximum Gasteiger partial charge on any atom is 0.142 e. The van der Waals surface area contributed by atoms with Crippen LogP contribution < -0.4 is 4.90 Å². The Bertz CT molecular complexity index is 499. The number of nitriles is 1. The van der Waals surface area contributed by atoms with Crippen LogP contribution in [0, 0.1) is 11.3 Å². The van der Waals surface area contributed by atoms with Crippen molar-refractivity contribution in [3.63, 3.8) is 0 Å². The molecule has 0 bridgehead atoms. The topological polar surface area (TPSA) is 39.9 Å². The van der Waals surface area contributed by atoms with E-state index in [1.165, 1.54) is 5.56 Å². The van der Waals surface area contributed by atoms with Gasteiger partial charge in [-0.25, -0.2) is 4.98 Å². The van der Waals surface area contributed by atoms with E-state index in [0.717, 1.165) is 12.4 Å². The second-order valence-corrected chi connectivity index (χ2v) is 4.26. The van der Waals surface area contributed by atoms with Crippen molar-refractivity contribution in [2.45, 2.75) is 6.54 Å². The quantitative estimate of drug-likeness (QED) is 0.812. The van der Waals surface area contributed by atoms with Gasteiger partial charge in [0.15, 0.2) is 0 Å². The van der Waals surface area contributed by atoms with Gasteiger partial charge in [0.25, 0.3) is 0 Å². The van der Waals surface area contributed by atoms with Crippen LogP contribution in [-0.4, -0.2) is 12.0 Å². The summed E-state index contributed by atoms with van der Waals surface area (Å²) in [5, 5.41) is 12.9. The van der Waals surface area contributed by atoms with Crippen molar-refractivity contribution in [1.82, 2.24) is 4.98 Å². The van der Waals surface area contributed by atoms with E-state index >= 15 is 0 Å². The first kappa shape index (κ1) is 10.7. The van der Waals surface area contributed by atoms with Gasteiger partial charge in [-0.15, -0.1) is 0 Å². The molecule has 2 aromatic rings. The first-order chi connectivity index (χ1) is 7.79. The molecule has 0 aliphatic heterocycles. The van der Waals surface area contributed by atoms with Crippen LogP contribution in [0.1, 0.15) is 11.3 Å². The smallest absolute Gasteiger partial charge is 0.142 e. The second kappa shape index (κ2) is 4.77. The van der Waals surface area contributed by atoms with Crippen LogP contribution in [0.5, 0.6) is 0 Å². The molecular weight excluding hydrogens is 218 g/mol. The summed E-state index contributed by atoms with van der Waals surface area (Å²) in [4.78, 5) is 6.27. The third-order valence-corrected chi connectivity index (χ3v) is 2.97. The van der Waals surface area contributed by atoms with Crippen LogP contribution >= 0.6 is 11.3 Å². The number of thiophene rings is 1. The number of nitrogens with zero attached hydrogens (tertiary/aromatic N) is 3. The van der Waals surface area contributed by atoms with E-state index in [9.17, 15) is 0 Å². The summed E-state index contributed by atoms with van der Waals surface area (Å²) in [6.45, 7) is 0.811. The molecule has 2 aromatic heterocycles. The molecule has 0 spiro atoms. The lowest BCUT2D eigenvalue weighted by atomic mass is 10.3. The van der Waals surface area contributed by atoms with Gasteiger partial charge in [-0.3, -0.25) is 0 Å². The second-order valence-electron chi connectivity index (χ2n) is 3.48. The highest BCUT2D eigenvalue weighted by molar-refractivity contribution is 7.07. The fourth-order valence-corrected chi connectivity index (χ4v) is 2.10. The van der Waals surface area contributed by atoms with Gasteiger partial charge in [-0.2, -0.15) is 16.6 Å². The molecule has 0 aliphatic rings. The molecule has 80 valence electrons. The van der Waals surface area contributed by atoms with Crippen LogP contribution in [0.3, 0.4) is 0 Å². The average molecular weight is 229 g/mol. The van der Waals surface area contributed by atoms with Gasteiger partial charge in [0.2, 0.25) is 0 Å². The van der Waals surface area contributed by atoms with Gasteiger partial charge in [-0.1, -0.05) is 6.07 Å². The zero-order valence-corrected chi connectivity index (χ0v) is 9.74. The van der Waals surface area contributed by atoms with Gasteiger partial charge in [-0.05, 0) is 34.5 Å². The zero-order valence-electron chi connectivity index (χ0n) is 8.92. The van der Waals surface area contributed by atoms with Crippen molar-refractivity contribution in [3.8, 4) is 6.07 Å². The molecule has 0 fully saturated rings. The van der Waals surface area contributed by atoms with Crippen LogP contribution in [0.15, 0.2) is 35.0 Å². The van der Waals surface area contributed by atoms with Crippen LogP contribution in [0.4, 0.5) is 5.82 Å². The van der Waals surface area contributed by atoms with E-state index in [2.05, 4.69) is 21.8 Å². The summed E-state index contributed by atoms with van der Waals surface area (Å²) >= 11 is 1.69. The molecule has 0 saturated carbocycles. The van der Waals surface area contributed by atoms with Crippen molar-refractivity contribution >= 4 is 17.2 Å². The summed E-state index contributed by atoms with van der Waals surface area (Å²) in [5.74, 6) is 0.824. The highest BCUT2D eigenvalue weighted by atomic mass is 32.1. The lowest BCUT2D eigenvalue weighted by Gasteiger charge is -2.17. The van der Waals surface area contributed by atoms with E-state index in [4.69, 9.17) is 5.26 Å². The number of aromatic nitrogens is 1. The Kier molecular flexibility index (Phi) is 3.18. The fraction of sp³-hybridized carbons (Fsp3) is 0.167. The number of hydrogen-bond donors (Lipinski definition) is 0. The Balaban J connectivity index is 2.15. The maximum atomic E-state index is 8.77. The molecule has 2 heterocycles. The molecule has 0 radical (unpaired) electrons. The number of hydrogen-bond acceptors (Lipinski definition) is 4. The predicted molar refractivity (Wildman–Crippen MR) is 65.4 cm³/mol. The van der Waals surface area contributed by atoms with E-state index in [0.29, 0.717) is 5.69 Å². The van der Waals surface area contributed by atoms with Gasteiger partial charge < -0.3 is 4.90 Å².